The van der Waals surface area contributed by atoms with Crippen LogP contribution in [0.4, 0.5) is 0 Å². The molecule has 1 unspecified atom stereocenters. The van der Waals surface area contributed by atoms with Gasteiger partial charge in [0, 0.05) is 18.8 Å². The molecule has 0 bridgehead atoms. The summed E-state index contributed by atoms with van der Waals surface area (Å²) in [6.45, 7) is 9.56. The molecule has 0 rings (SSSR count). The highest BCUT2D eigenvalue weighted by molar-refractivity contribution is 6.13. The lowest BCUT2D eigenvalue weighted by molar-refractivity contribution is 0.639. The van der Waals surface area contributed by atoms with Crippen molar-refractivity contribution in [2.45, 2.75) is 45.7 Å². The van der Waals surface area contributed by atoms with Gasteiger partial charge in [0.15, 0.2) is 0 Å². The maximum absolute atomic E-state index is 3.65. The van der Waals surface area contributed by atoms with Crippen molar-refractivity contribution in [3.63, 3.8) is 0 Å². The second-order valence-corrected chi connectivity index (χ2v) is 4.49. The van der Waals surface area contributed by atoms with Crippen LogP contribution in [0.25, 0.3) is 0 Å². The number of hydrogen-bond acceptors (Lipinski definition) is 3. The van der Waals surface area contributed by atoms with E-state index in [1.54, 1.807) is 0 Å². The largest absolute Gasteiger partial charge is 0.372 e. The molecule has 0 spiro atoms. The minimum absolute atomic E-state index is 0.226. The van der Waals surface area contributed by atoms with Crippen molar-refractivity contribution >= 4 is 10.2 Å². The van der Waals surface area contributed by atoms with Crippen molar-refractivity contribution in [1.82, 2.24) is 16.0 Å². The lowest BCUT2D eigenvalue weighted by atomic mass is 10.4. The molecule has 0 aliphatic rings. The molecular formula is C12H26N3Si. The third kappa shape index (κ3) is 8.80. The van der Waals surface area contributed by atoms with Crippen molar-refractivity contribution in [1.29, 1.82) is 0 Å². The van der Waals surface area contributed by atoms with Gasteiger partial charge in [-0.15, -0.1) is 0 Å². The zero-order chi connectivity index (χ0) is 12.2. The molecule has 93 valence electrons. The summed E-state index contributed by atoms with van der Waals surface area (Å²) in [6.07, 6.45) is 5.58. The summed E-state index contributed by atoms with van der Waals surface area (Å²) >= 11 is 0. The standard InChI is InChI=1S/C12H26N3Si/c1-4-7-13-11(14-8-5-2)10-12(16)15-9-6-3/h10,12-15H,4-9H2,1-3H3. The zero-order valence-corrected chi connectivity index (χ0v) is 11.9. The second kappa shape index (κ2) is 11.0. The van der Waals surface area contributed by atoms with Crippen LogP contribution in [0, 0.1) is 0 Å². The van der Waals surface area contributed by atoms with Crippen molar-refractivity contribution in [2.24, 2.45) is 0 Å². The first kappa shape index (κ1) is 15.5. The fourth-order valence-corrected chi connectivity index (χ4v) is 1.54. The molecule has 0 amide bonds. The van der Waals surface area contributed by atoms with Crippen LogP contribution in [0.1, 0.15) is 40.0 Å². The third-order valence-corrected chi connectivity index (χ3v) is 2.45. The van der Waals surface area contributed by atoms with Crippen LogP contribution in [-0.2, 0) is 0 Å². The summed E-state index contributed by atoms with van der Waals surface area (Å²) in [7, 11) is 3.65. The van der Waals surface area contributed by atoms with Gasteiger partial charge in [0.25, 0.3) is 0 Å². The molecule has 0 heterocycles. The van der Waals surface area contributed by atoms with Crippen LogP contribution in [0.5, 0.6) is 0 Å². The summed E-state index contributed by atoms with van der Waals surface area (Å²) < 4.78 is 0. The van der Waals surface area contributed by atoms with E-state index in [0.29, 0.717) is 0 Å². The fourth-order valence-electron chi connectivity index (χ4n) is 1.23. The van der Waals surface area contributed by atoms with Crippen molar-refractivity contribution in [2.75, 3.05) is 19.6 Å². The molecule has 3 nitrogen and oxygen atoms in total. The van der Waals surface area contributed by atoms with Crippen molar-refractivity contribution in [3.8, 4) is 0 Å². The molecule has 3 radical (unpaired) electrons. The van der Waals surface area contributed by atoms with Gasteiger partial charge in [-0.05, 0) is 31.9 Å². The van der Waals surface area contributed by atoms with Gasteiger partial charge in [-0.2, -0.15) is 0 Å². The Bertz CT molecular complexity index is 173. The number of rotatable bonds is 10. The Morgan fingerprint density at radius 2 is 1.50 bits per heavy atom. The van der Waals surface area contributed by atoms with Crippen LogP contribution >= 0.6 is 0 Å². The monoisotopic (exact) mass is 240 g/mol. The molecule has 16 heavy (non-hydrogen) atoms. The van der Waals surface area contributed by atoms with Gasteiger partial charge < -0.3 is 16.0 Å². The SMILES string of the molecule is CCCNC(=CC([Si])NCCC)NCCC. The van der Waals surface area contributed by atoms with E-state index in [1.165, 1.54) is 0 Å². The third-order valence-electron chi connectivity index (χ3n) is 2.08. The van der Waals surface area contributed by atoms with Gasteiger partial charge in [-0.3, -0.25) is 0 Å². The van der Waals surface area contributed by atoms with Gasteiger partial charge in [-0.1, -0.05) is 20.8 Å². The molecular weight excluding hydrogens is 214 g/mol. The molecule has 0 aromatic rings. The summed E-state index contributed by atoms with van der Waals surface area (Å²) in [4.78, 5) is 0. The molecule has 3 N–H and O–H groups in total. The number of nitrogens with one attached hydrogen (secondary N) is 3. The van der Waals surface area contributed by atoms with E-state index in [9.17, 15) is 0 Å². The van der Waals surface area contributed by atoms with Crippen LogP contribution < -0.4 is 16.0 Å². The summed E-state index contributed by atoms with van der Waals surface area (Å²) in [6, 6.07) is 0. The van der Waals surface area contributed by atoms with Gasteiger partial charge >= 0.3 is 0 Å². The van der Waals surface area contributed by atoms with E-state index in [0.717, 1.165) is 44.7 Å². The lowest BCUT2D eigenvalue weighted by Gasteiger charge is -2.16. The summed E-state index contributed by atoms with van der Waals surface area (Å²) in [5.74, 6) is 1.12. The first-order valence-corrected chi connectivity index (χ1v) is 6.96. The number of hydrogen-bond donors (Lipinski definition) is 3. The second-order valence-electron chi connectivity index (χ2n) is 3.87. The molecule has 0 aliphatic carbocycles. The van der Waals surface area contributed by atoms with Crippen molar-refractivity contribution < 1.29 is 0 Å². The van der Waals surface area contributed by atoms with Crippen molar-refractivity contribution in [3.05, 3.63) is 11.9 Å². The Kier molecular flexibility index (Phi) is 10.7. The zero-order valence-electron chi connectivity index (χ0n) is 10.9. The smallest absolute Gasteiger partial charge is 0.0957 e. The topological polar surface area (TPSA) is 36.1 Å². The average Bonchev–Trinajstić information content (AvgIpc) is 2.30. The Hall–Kier alpha value is -0.483. The Balaban J connectivity index is 4.06. The maximum atomic E-state index is 3.65. The van der Waals surface area contributed by atoms with Gasteiger partial charge in [0.2, 0.25) is 0 Å². The first-order valence-electron chi connectivity index (χ1n) is 6.38. The maximum Gasteiger partial charge on any atom is 0.0957 e. The minimum atomic E-state index is 0.226. The van der Waals surface area contributed by atoms with Gasteiger partial charge in [-0.25, -0.2) is 0 Å². The lowest BCUT2D eigenvalue weighted by Crippen LogP contribution is -2.34. The molecule has 1 atom stereocenters. The fraction of sp³-hybridized carbons (Fsp3) is 0.833. The van der Waals surface area contributed by atoms with E-state index in [4.69, 9.17) is 0 Å². The van der Waals surface area contributed by atoms with E-state index < -0.39 is 0 Å². The first-order chi connectivity index (χ1) is 7.74. The average molecular weight is 240 g/mol. The minimum Gasteiger partial charge on any atom is -0.372 e. The molecule has 0 aromatic heterocycles. The van der Waals surface area contributed by atoms with E-state index in [1.807, 2.05) is 0 Å². The van der Waals surface area contributed by atoms with Crippen LogP contribution in [0.2, 0.25) is 0 Å². The molecule has 0 aromatic carbocycles. The normalized spacial score (nSPS) is 12.0. The Morgan fingerprint density at radius 1 is 1.00 bits per heavy atom. The van der Waals surface area contributed by atoms with E-state index in [-0.39, 0.29) is 5.67 Å². The predicted octanol–water partition coefficient (Wildman–Crippen LogP) is 1.32. The van der Waals surface area contributed by atoms with Crippen LogP contribution in [-0.4, -0.2) is 35.5 Å². The van der Waals surface area contributed by atoms with E-state index >= 15 is 0 Å². The Morgan fingerprint density at radius 3 is 1.94 bits per heavy atom. The molecule has 0 saturated heterocycles. The van der Waals surface area contributed by atoms with Gasteiger partial charge in [0.1, 0.15) is 0 Å². The molecule has 4 heteroatoms. The highest BCUT2D eigenvalue weighted by Gasteiger charge is 1.99. The highest BCUT2D eigenvalue weighted by Crippen LogP contribution is 1.90. The highest BCUT2D eigenvalue weighted by atomic mass is 28.1. The summed E-state index contributed by atoms with van der Waals surface area (Å²) in [5, 5.41) is 10.2. The van der Waals surface area contributed by atoms with Crippen LogP contribution in [0.15, 0.2) is 11.9 Å². The van der Waals surface area contributed by atoms with E-state index in [2.05, 4.69) is 53.0 Å². The molecule has 0 aliphatic heterocycles. The van der Waals surface area contributed by atoms with Crippen LogP contribution in [0.3, 0.4) is 0 Å². The molecule has 0 saturated carbocycles. The van der Waals surface area contributed by atoms with Gasteiger partial charge in [0.05, 0.1) is 16.1 Å². The molecule has 0 fully saturated rings. The summed E-state index contributed by atoms with van der Waals surface area (Å²) in [5.41, 5.74) is 0.226. The Labute approximate surface area is 104 Å². The quantitative estimate of drug-likeness (QED) is 0.504. The predicted molar refractivity (Wildman–Crippen MR) is 72.5 cm³/mol.